The summed E-state index contributed by atoms with van der Waals surface area (Å²) in [5.74, 6) is 0. The number of pyridine rings is 1. The molecule has 0 N–H and O–H groups in total. The van der Waals surface area contributed by atoms with E-state index in [1.165, 1.54) is 0 Å². The van der Waals surface area contributed by atoms with E-state index < -0.39 is 0 Å². The zero-order valence-corrected chi connectivity index (χ0v) is 11.7. The van der Waals surface area contributed by atoms with E-state index in [2.05, 4.69) is 55.8 Å². The minimum absolute atomic E-state index is 0.391. The first-order chi connectivity index (χ1) is 7.13. The van der Waals surface area contributed by atoms with Crippen molar-refractivity contribution in [2.75, 3.05) is 0 Å². The fraction of sp³-hybridized carbons (Fsp3) is 0.400. The van der Waals surface area contributed by atoms with Crippen molar-refractivity contribution >= 4 is 42.9 Å². The van der Waals surface area contributed by atoms with E-state index in [0.29, 0.717) is 6.04 Å². The molecule has 0 aromatic carbocycles. The van der Waals surface area contributed by atoms with E-state index in [9.17, 15) is 0 Å². The second kappa shape index (κ2) is 4.22. The Kier molecular flexibility index (Phi) is 3.11. The highest BCUT2D eigenvalue weighted by Gasteiger charge is 2.12. The molecule has 80 valence electrons. The molecular weight excluding hydrogens is 322 g/mol. The number of rotatable bonds is 2. The largest absolute Gasteiger partial charge is 0.259 e. The van der Waals surface area contributed by atoms with Crippen molar-refractivity contribution in [3.63, 3.8) is 0 Å². The molecule has 2 aromatic rings. The lowest BCUT2D eigenvalue weighted by molar-refractivity contribution is 0.492. The Hall–Kier alpha value is -0.420. The van der Waals surface area contributed by atoms with Gasteiger partial charge in [-0.1, -0.05) is 6.92 Å². The van der Waals surface area contributed by atoms with Crippen LogP contribution in [0.5, 0.6) is 0 Å². The molecule has 3 nitrogen and oxygen atoms in total. The molecule has 2 rings (SSSR count). The topological polar surface area (TPSA) is 30.7 Å². The molecule has 0 saturated heterocycles. The van der Waals surface area contributed by atoms with Gasteiger partial charge >= 0.3 is 0 Å². The average molecular weight is 333 g/mol. The first-order valence-electron chi connectivity index (χ1n) is 4.82. The molecule has 0 fully saturated rings. The summed E-state index contributed by atoms with van der Waals surface area (Å²) in [6.07, 6.45) is 2.86. The third kappa shape index (κ3) is 1.95. The van der Waals surface area contributed by atoms with Gasteiger partial charge in [-0.05, 0) is 51.3 Å². The summed E-state index contributed by atoms with van der Waals surface area (Å²) in [5, 5.41) is 4.37. The second-order valence-corrected chi connectivity index (χ2v) is 5.17. The van der Waals surface area contributed by atoms with Gasteiger partial charge in [-0.3, -0.25) is 4.68 Å². The summed E-state index contributed by atoms with van der Waals surface area (Å²) < 4.78 is 3.86. The van der Waals surface area contributed by atoms with Crippen LogP contribution < -0.4 is 0 Å². The summed E-state index contributed by atoms with van der Waals surface area (Å²) in [4.78, 5) is 4.38. The third-order valence-corrected chi connectivity index (χ3v) is 3.49. The lowest BCUT2D eigenvalue weighted by Gasteiger charge is -2.11. The molecule has 0 aliphatic heterocycles. The zero-order chi connectivity index (χ0) is 11.0. The van der Waals surface area contributed by atoms with E-state index in [1.807, 2.05) is 10.7 Å². The summed E-state index contributed by atoms with van der Waals surface area (Å²) in [5.41, 5.74) is 1.98. The molecule has 1 atom stereocenters. The van der Waals surface area contributed by atoms with Crippen LogP contribution in [-0.4, -0.2) is 14.8 Å². The van der Waals surface area contributed by atoms with Crippen molar-refractivity contribution in [3.8, 4) is 0 Å². The summed E-state index contributed by atoms with van der Waals surface area (Å²) in [7, 11) is 0. The van der Waals surface area contributed by atoms with Crippen molar-refractivity contribution < 1.29 is 0 Å². The molecule has 2 aromatic heterocycles. The number of hydrogen-bond donors (Lipinski definition) is 0. The lowest BCUT2D eigenvalue weighted by Crippen LogP contribution is -2.05. The minimum atomic E-state index is 0.391. The predicted octanol–water partition coefficient (Wildman–Crippen LogP) is 3.93. The maximum atomic E-state index is 4.38. The van der Waals surface area contributed by atoms with Gasteiger partial charge in [-0.25, -0.2) is 4.98 Å². The van der Waals surface area contributed by atoms with Crippen LogP contribution in [0.15, 0.2) is 21.3 Å². The summed E-state index contributed by atoms with van der Waals surface area (Å²) in [6.45, 7) is 4.30. The Bertz CT molecular complexity index is 493. The molecule has 0 amide bonds. The van der Waals surface area contributed by atoms with Crippen LogP contribution in [0.25, 0.3) is 11.0 Å². The van der Waals surface area contributed by atoms with Gasteiger partial charge in [0.2, 0.25) is 0 Å². The van der Waals surface area contributed by atoms with Gasteiger partial charge in [0.15, 0.2) is 0 Å². The normalized spacial score (nSPS) is 13.3. The predicted molar refractivity (Wildman–Crippen MR) is 67.9 cm³/mol. The fourth-order valence-electron chi connectivity index (χ4n) is 1.49. The first kappa shape index (κ1) is 11.1. The first-order valence-corrected chi connectivity index (χ1v) is 6.41. The zero-order valence-electron chi connectivity index (χ0n) is 8.54. The lowest BCUT2D eigenvalue weighted by atomic mass is 10.2. The average Bonchev–Trinajstić information content (AvgIpc) is 2.60. The molecule has 0 spiro atoms. The number of fused-ring (bicyclic) bond motifs is 1. The van der Waals surface area contributed by atoms with Crippen molar-refractivity contribution in [1.82, 2.24) is 14.8 Å². The molecule has 0 saturated carbocycles. The Labute approximate surface area is 105 Å². The molecule has 0 aliphatic rings. The van der Waals surface area contributed by atoms with Gasteiger partial charge < -0.3 is 0 Å². The molecule has 0 aliphatic carbocycles. The van der Waals surface area contributed by atoms with Gasteiger partial charge in [0.05, 0.1) is 6.20 Å². The van der Waals surface area contributed by atoms with Crippen LogP contribution in [0.2, 0.25) is 0 Å². The van der Waals surface area contributed by atoms with Gasteiger partial charge in [0, 0.05) is 10.5 Å². The van der Waals surface area contributed by atoms with E-state index in [-0.39, 0.29) is 0 Å². The van der Waals surface area contributed by atoms with Crippen LogP contribution in [0, 0.1) is 0 Å². The molecule has 2 heterocycles. The standard InChI is InChI=1S/C10H11Br2N3/c1-3-6(2)15-10-7(11)4-9(12)14-8(10)5-13-15/h4-6H,3H2,1-2H3. The van der Waals surface area contributed by atoms with Crippen LogP contribution in [0.4, 0.5) is 0 Å². The van der Waals surface area contributed by atoms with Crippen LogP contribution >= 0.6 is 31.9 Å². The highest BCUT2D eigenvalue weighted by atomic mass is 79.9. The van der Waals surface area contributed by atoms with Gasteiger partial charge in [-0.15, -0.1) is 0 Å². The molecule has 5 heteroatoms. The molecule has 15 heavy (non-hydrogen) atoms. The smallest absolute Gasteiger partial charge is 0.111 e. The number of hydrogen-bond acceptors (Lipinski definition) is 2. The highest BCUT2D eigenvalue weighted by molar-refractivity contribution is 9.11. The Balaban J connectivity index is 2.69. The molecular formula is C10H11Br2N3. The van der Waals surface area contributed by atoms with Crippen LogP contribution in [0.1, 0.15) is 26.3 Å². The second-order valence-electron chi connectivity index (χ2n) is 3.51. The van der Waals surface area contributed by atoms with E-state index in [4.69, 9.17) is 0 Å². The molecule has 0 radical (unpaired) electrons. The highest BCUT2D eigenvalue weighted by Crippen LogP contribution is 2.28. The quantitative estimate of drug-likeness (QED) is 0.780. The van der Waals surface area contributed by atoms with E-state index >= 15 is 0 Å². The van der Waals surface area contributed by atoms with Gasteiger partial charge in [-0.2, -0.15) is 5.10 Å². The maximum Gasteiger partial charge on any atom is 0.111 e. The summed E-state index contributed by atoms with van der Waals surface area (Å²) in [6, 6.07) is 2.34. The number of nitrogens with zero attached hydrogens (tertiary/aromatic N) is 3. The van der Waals surface area contributed by atoms with Crippen molar-refractivity contribution in [3.05, 3.63) is 21.3 Å². The minimum Gasteiger partial charge on any atom is -0.259 e. The Morgan fingerprint density at radius 2 is 2.20 bits per heavy atom. The van der Waals surface area contributed by atoms with Crippen molar-refractivity contribution in [1.29, 1.82) is 0 Å². The maximum absolute atomic E-state index is 4.38. The monoisotopic (exact) mass is 331 g/mol. The third-order valence-electron chi connectivity index (χ3n) is 2.48. The molecule has 1 unspecified atom stereocenters. The van der Waals surface area contributed by atoms with Gasteiger partial charge in [0.1, 0.15) is 15.6 Å². The van der Waals surface area contributed by atoms with Crippen molar-refractivity contribution in [2.45, 2.75) is 26.3 Å². The van der Waals surface area contributed by atoms with E-state index in [0.717, 1.165) is 26.5 Å². The number of halogens is 2. The van der Waals surface area contributed by atoms with Crippen LogP contribution in [-0.2, 0) is 0 Å². The molecule has 0 bridgehead atoms. The fourth-order valence-corrected chi connectivity index (χ4v) is 2.82. The van der Waals surface area contributed by atoms with E-state index in [1.54, 1.807) is 6.20 Å². The number of aromatic nitrogens is 3. The SMILES string of the molecule is CCC(C)n1ncc2nc(Br)cc(Br)c21. The van der Waals surface area contributed by atoms with Gasteiger partial charge in [0.25, 0.3) is 0 Å². The van der Waals surface area contributed by atoms with Crippen molar-refractivity contribution in [2.24, 2.45) is 0 Å². The Morgan fingerprint density at radius 3 is 2.87 bits per heavy atom. The summed E-state index contributed by atoms with van der Waals surface area (Å²) >= 11 is 6.91. The van der Waals surface area contributed by atoms with Crippen LogP contribution in [0.3, 0.4) is 0 Å². The Morgan fingerprint density at radius 1 is 1.47 bits per heavy atom.